The van der Waals surface area contributed by atoms with Gasteiger partial charge in [0.05, 0.1) is 16.6 Å². The Balaban J connectivity index is 1.60. The predicted octanol–water partition coefficient (Wildman–Crippen LogP) is 3.87. The first-order valence-corrected chi connectivity index (χ1v) is 11.4. The minimum absolute atomic E-state index is 0.0778. The van der Waals surface area contributed by atoms with Crippen LogP contribution in [0.4, 0.5) is 10.1 Å². The van der Waals surface area contributed by atoms with Gasteiger partial charge in [0.15, 0.2) is 0 Å². The molecule has 0 bridgehead atoms. The standard InChI is InChI=1S/C23H25FN4O3S/c1-13-7-8-16(10-17(13)24)26-21(30)20-15(3)19-22(32-20)25-12-27(23(19)31)11-18(29)28-9-5-4-6-14(28)2/h7-8,10,12,14H,4-6,9,11H2,1-3H3,(H,26,30)/t14-/m1/s1. The zero-order valence-corrected chi connectivity index (χ0v) is 19.1. The highest BCUT2D eigenvalue weighted by Gasteiger charge is 2.25. The van der Waals surface area contributed by atoms with Gasteiger partial charge in [-0.3, -0.25) is 19.0 Å². The molecule has 0 spiro atoms. The number of nitrogens with one attached hydrogen (secondary N) is 1. The van der Waals surface area contributed by atoms with Crippen molar-refractivity contribution < 1.29 is 14.0 Å². The van der Waals surface area contributed by atoms with E-state index in [0.29, 0.717) is 38.5 Å². The second kappa shape index (κ2) is 8.82. The number of halogens is 1. The first kappa shape index (κ1) is 22.1. The number of piperidine rings is 1. The van der Waals surface area contributed by atoms with Crippen LogP contribution in [-0.4, -0.2) is 38.9 Å². The molecule has 7 nitrogen and oxygen atoms in total. The summed E-state index contributed by atoms with van der Waals surface area (Å²) < 4.78 is 15.1. The third kappa shape index (κ3) is 4.17. The number of hydrogen-bond donors (Lipinski definition) is 1. The summed E-state index contributed by atoms with van der Waals surface area (Å²) in [5.41, 5.74) is 0.976. The summed E-state index contributed by atoms with van der Waals surface area (Å²) in [6.45, 7) is 5.97. The van der Waals surface area contributed by atoms with Crippen molar-refractivity contribution in [1.82, 2.24) is 14.5 Å². The number of fused-ring (bicyclic) bond motifs is 1. The fourth-order valence-corrected chi connectivity index (χ4v) is 5.09. The van der Waals surface area contributed by atoms with Crippen molar-refractivity contribution in [2.24, 2.45) is 0 Å². The van der Waals surface area contributed by atoms with E-state index in [2.05, 4.69) is 10.3 Å². The molecule has 1 saturated heterocycles. The highest BCUT2D eigenvalue weighted by atomic mass is 32.1. The molecule has 3 heterocycles. The van der Waals surface area contributed by atoms with E-state index < -0.39 is 11.7 Å². The molecule has 1 fully saturated rings. The van der Waals surface area contributed by atoms with Gasteiger partial charge < -0.3 is 10.2 Å². The minimum Gasteiger partial charge on any atom is -0.338 e. The van der Waals surface area contributed by atoms with Crippen LogP contribution in [0, 0.1) is 19.7 Å². The molecule has 9 heteroatoms. The van der Waals surface area contributed by atoms with E-state index in [1.807, 2.05) is 11.8 Å². The number of aryl methyl sites for hydroxylation is 2. The number of hydrogen-bond acceptors (Lipinski definition) is 5. The SMILES string of the molecule is Cc1ccc(NC(=O)c2sc3ncn(CC(=O)N4CCCC[C@H]4C)c(=O)c3c2C)cc1F. The molecule has 2 amide bonds. The first-order valence-electron chi connectivity index (χ1n) is 10.6. The number of amides is 2. The van der Waals surface area contributed by atoms with Crippen LogP contribution in [0.2, 0.25) is 0 Å². The fraction of sp³-hybridized carbons (Fsp3) is 0.391. The summed E-state index contributed by atoms with van der Waals surface area (Å²) >= 11 is 1.10. The Hall–Kier alpha value is -3.07. The van der Waals surface area contributed by atoms with Crippen molar-refractivity contribution in [2.75, 3.05) is 11.9 Å². The van der Waals surface area contributed by atoms with Gasteiger partial charge in [-0.05, 0) is 63.3 Å². The molecule has 4 rings (SSSR count). The third-order valence-electron chi connectivity index (χ3n) is 5.98. The number of likely N-dealkylation sites (tertiary alicyclic amines) is 1. The molecule has 1 N–H and O–H groups in total. The lowest BCUT2D eigenvalue weighted by Gasteiger charge is -2.33. The van der Waals surface area contributed by atoms with Crippen molar-refractivity contribution in [3.63, 3.8) is 0 Å². The molecule has 32 heavy (non-hydrogen) atoms. The maximum Gasteiger partial charge on any atom is 0.266 e. The number of nitrogens with zero attached hydrogens (tertiary/aromatic N) is 3. The van der Waals surface area contributed by atoms with Crippen LogP contribution in [-0.2, 0) is 11.3 Å². The highest BCUT2D eigenvalue weighted by molar-refractivity contribution is 7.20. The quantitative estimate of drug-likeness (QED) is 0.646. The molecular formula is C23H25FN4O3S. The van der Waals surface area contributed by atoms with Gasteiger partial charge in [-0.15, -0.1) is 11.3 Å². The van der Waals surface area contributed by atoms with E-state index in [0.717, 1.165) is 30.6 Å². The van der Waals surface area contributed by atoms with E-state index in [1.165, 1.54) is 17.0 Å². The van der Waals surface area contributed by atoms with Crippen LogP contribution in [0.15, 0.2) is 29.3 Å². The largest absolute Gasteiger partial charge is 0.338 e. The van der Waals surface area contributed by atoms with Gasteiger partial charge in [-0.1, -0.05) is 6.07 Å². The lowest BCUT2D eigenvalue weighted by Crippen LogP contribution is -2.44. The maximum absolute atomic E-state index is 13.8. The van der Waals surface area contributed by atoms with Gasteiger partial charge in [0.25, 0.3) is 11.5 Å². The number of aromatic nitrogens is 2. The zero-order chi connectivity index (χ0) is 23.0. The molecular weight excluding hydrogens is 431 g/mol. The summed E-state index contributed by atoms with van der Waals surface area (Å²) in [4.78, 5) is 45.6. The Morgan fingerprint density at radius 2 is 2.06 bits per heavy atom. The summed E-state index contributed by atoms with van der Waals surface area (Å²) in [6.07, 6.45) is 4.40. The van der Waals surface area contributed by atoms with Crippen LogP contribution >= 0.6 is 11.3 Å². The summed E-state index contributed by atoms with van der Waals surface area (Å²) in [6, 6.07) is 4.63. The smallest absolute Gasteiger partial charge is 0.266 e. The van der Waals surface area contributed by atoms with Crippen LogP contribution in [0.3, 0.4) is 0 Å². The van der Waals surface area contributed by atoms with Crippen LogP contribution in [0.25, 0.3) is 10.2 Å². The van der Waals surface area contributed by atoms with Crippen LogP contribution in [0.5, 0.6) is 0 Å². The Bertz CT molecular complexity index is 1270. The lowest BCUT2D eigenvalue weighted by molar-refractivity contribution is -0.135. The minimum atomic E-state index is -0.432. The van der Waals surface area contributed by atoms with Crippen LogP contribution < -0.4 is 10.9 Å². The average Bonchev–Trinajstić information content (AvgIpc) is 3.10. The van der Waals surface area contributed by atoms with Crippen molar-refractivity contribution in [1.29, 1.82) is 0 Å². The molecule has 1 atom stereocenters. The van der Waals surface area contributed by atoms with Gasteiger partial charge in [0.2, 0.25) is 5.91 Å². The van der Waals surface area contributed by atoms with Crippen LogP contribution in [0.1, 0.15) is 47.0 Å². The lowest BCUT2D eigenvalue weighted by atomic mass is 10.0. The second-order valence-corrected chi connectivity index (χ2v) is 9.26. The summed E-state index contributed by atoms with van der Waals surface area (Å²) in [7, 11) is 0. The topological polar surface area (TPSA) is 84.3 Å². The number of carbonyl (C=O) groups excluding carboxylic acids is 2. The first-order chi connectivity index (χ1) is 15.3. The Morgan fingerprint density at radius 1 is 1.28 bits per heavy atom. The van der Waals surface area contributed by atoms with Gasteiger partial charge in [-0.2, -0.15) is 0 Å². The number of rotatable bonds is 4. The molecule has 1 aliphatic heterocycles. The Kier molecular flexibility index (Phi) is 6.10. The molecule has 2 aromatic heterocycles. The van der Waals surface area contributed by atoms with Crippen molar-refractivity contribution in [3.05, 3.63) is 56.7 Å². The van der Waals surface area contributed by atoms with Crippen molar-refractivity contribution >= 4 is 39.1 Å². The van der Waals surface area contributed by atoms with Crippen molar-refractivity contribution in [2.45, 2.75) is 52.6 Å². The summed E-state index contributed by atoms with van der Waals surface area (Å²) in [5, 5.41) is 3.01. The molecule has 1 aromatic carbocycles. The van der Waals surface area contributed by atoms with Gasteiger partial charge in [-0.25, -0.2) is 9.37 Å². The Morgan fingerprint density at radius 3 is 2.78 bits per heavy atom. The number of thiophene rings is 1. The molecule has 0 saturated carbocycles. The normalized spacial score (nSPS) is 16.4. The van der Waals surface area contributed by atoms with Gasteiger partial charge in [0.1, 0.15) is 17.2 Å². The van der Waals surface area contributed by atoms with E-state index in [1.54, 1.807) is 26.0 Å². The van der Waals surface area contributed by atoms with Crippen molar-refractivity contribution in [3.8, 4) is 0 Å². The number of carbonyl (C=O) groups is 2. The molecule has 3 aromatic rings. The average molecular weight is 457 g/mol. The molecule has 0 aliphatic carbocycles. The van der Waals surface area contributed by atoms with E-state index >= 15 is 0 Å². The van der Waals surface area contributed by atoms with E-state index in [9.17, 15) is 18.8 Å². The third-order valence-corrected chi connectivity index (χ3v) is 7.18. The second-order valence-electron chi connectivity index (χ2n) is 8.26. The molecule has 168 valence electrons. The highest BCUT2D eigenvalue weighted by Crippen LogP contribution is 2.28. The molecule has 0 radical (unpaired) electrons. The summed E-state index contributed by atoms with van der Waals surface area (Å²) in [5.74, 6) is -0.946. The predicted molar refractivity (Wildman–Crippen MR) is 123 cm³/mol. The number of benzene rings is 1. The monoisotopic (exact) mass is 456 g/mol. The van der Waals surface area contributed by atoms with E-state index in [4.69, 9.17) is 0 Å². The zero-order valence-electron chi connectivity index (χ0n) is 18.3. The number of anilines is 1. The van der Waals surface area contributed by atoms with Gasteiger partial charge in [0, 0.05) is 18.3 Å². The van der Waals surface area contributed by atoms with Gasteiger partial charge >= 0.3 is 0 Å². The maximum atomic E-state index is 13.8. The molecule has 1 aliphatic rings. The Labute approximate surface area is 188 Å². The van der Waals surface area contributed by atoms with E-state index in [-0.39, 0.29) is 24.1 Å². The fourth-order valence-electron chi connectivity index (χ4n) is 4.05. The molecule has 0 unspecified atom stereocenters.